The standard InChI is InChI=1S/C13H17N3O/c1-3-5-12-14-8-9-16(12)10-11-6-4-7-15-13(11)17-2/h4,6-9H,3,5,10H2,1-2H3. The molecule has 0 spiro atoms. The number of imidazole rings is 1. The fraction of sp³-hybridized carbons (Fsp3) is 0.385. The molecule has 0 aromatic carbocycles. The molecule has 0 aliphatic carbocycles. The van der Waals surface area contributed by atoms with Crippen LogP contribution < -0.4 is 4.74 Å². The fourth-order valence-corrected chi connectivity index (χ4v) is 1.85. The molecular formula is C13H17N3O. The van der Waals surface area contributed by atoms with Crippen LogP contribution in [0.2, 0.25) is 0 Å². The van der Waals surface area contributed by atoms with Crippen LogP contribution in [0, 0.1) is 0 Å². The van der Waals surface area contributed by atoms with Crippen molar-refractivity contribution in [3.8, 4) is 5.88 Å². The number of pyridine rings is 1. The Morgan fingerprint density at radius 2 is 2.18 bits per heavy atom. The lowest BCUT2D eigenvalue weighted by Crippen LogP contribution is -2.06. The smallest absolute Gasteiger partial charge is 0.218 e. The van der Waals surface area contributed by atoms with Gasteiger partial charge >= 0.3 is 0 Å². The normalized spacial score (nSPS) is 10.5. The molecule has 2 heterocycles. The molecule has 90 valence electrons. The topological polar surface area (TPSA) is 39.9 Å². The third-order valence-electron chi connectivity index (χ3n) is 2.66. The molecule has 0 atom stereocenters. The van der Waals surface area contributed by atoms with Crippen molar-refractivity contribution in [2.45, 2.75) is 26.3 Å². The molecule has 2 aromatic rings. The van der Waals surface area contributed by atoms with E-state index in [0.717, 1.165) is 30.8 Å². The first-order valence-corrected chi connectivity index (χ1v) is 5.83. The minimum absolute atomic E-state index is 0.684. The van der Waals surface area contributed by atoms with Crippen LogP contribution in [0.5, 0.6) is 5.88 Å². The first kappa shape index (κ1) is 11.6. The third kappa shape index (κ3) is 2.64. The highest BCUT2D eigenvalue weighted by Crippen LogP contribution is 2.16. The Labute approximate surface area is 101 Å². The van der Waals surface area contributed by atoms with Gasteiger partial charge < -0.3 is 9.30 Å². The highest BCUT2D eigenvalue weighted by Gasteiger charge is 2.07. The van der Waals surface area contributed by atoms with Gasteiger partial charge in [0.2, 0.25) is 5.88 Å². The zero-order valence-corrected chi connectivity index (χ0v) is 10.3. The molecule has 17 heavy (non-hydrogen) atoms. The summed E-state index contributed by atoms with van der Waals surface area (Å²) in [5.74, 6) is 1.79. The van der Waals surface area contributed by atoms with Crippen LogP contribution in [0.4, 0.5) is 0 Å². The Balaban J connectivity index is 2.22. The zero-order valence-electron chi connectivity index (χ0n) is 10.3. The molecule has 2 aromatic heterocycles. The van der Waals surface area contributed by atoms with Gasteiger partial charge in [0.05, 0.1) is 13.7 Å². The average Bonchev–Trinajstić information content (AvgIpc) is 2.78. The molecule has 0 aliphatic heterocycles. The van der Waals surface area contributed by atoms with E-state index in [2.05, 4.69) is 21.5 Å². The van der Waals surface area contributed by atoms with Crippen LogP contribution in [0.1, 0.15) is 24.7 Å². The van der Waals surface area contributed by atoms with Crippen LogP contribution in [-0.4, -0.2) is 21.6 Å². The number of methoxy groups -OCH3 is 1. The molecular weight excluding hydrogens is 214 g/mol. The fourth-order valence-electron chi connectivity index (χ4n) is 1.85. The Hall–Kier alpha value is -1.84. The van der Waals surface area contributed by atoms with Crippen molar-refractivity contribution in [2.24, 2.45) is 0 Å². The second-order valence-electron chi connectivity index (χ2n) is 3.89. The number of hydrogen-bond donors (Lipinski definition) is 0. The summed E-state index contributed by atoms with van der Waals surface area (Å²) in [6, 6.07) is 3.95. The van der Waals surface area contributed by atoms with Crippen molar-refractivity contribution in [2.75, 3.05) is 7.11 Å². The van der Waals surface area contributed by atoms with Gasteiger partial charge in [-0.05, 0) is 12.5 Å². The maximum absolute atomic E-state index is 5.25. The summed E-state index contributed by atoms with van der Waals surface area (Å²) in [5.41, 5.74) is 1.07. The average molecular weight is 231 g/mol. The summed E-state index contributed by atoms with van der Waals surface area (Å²) < 4.78 is 7.39. The van der Waals surface area contributed by atoms with Crippen molar-refractivity contribution < 1.29 is 4.74 Å². The largest absolute Gasteiger partial charge is 0.481 e. The molecule has 0 bridgehead atoms. The lowest BCUT2D eigenvalue weighted by atomic mass is 10.2. The van der Waals surface area contributed by atoms with Gasteiger partial charge in [-0.2, -0.15) is 0 Å². The SMILES string of the molecule is CCCc1nccn1Cc1cccnc1OC. The summed E-state index contributed by atoms with van der Waals surface area (Å²) in [6.45, 7) is 2.91. The van der Waals surface area contributed by atoms with E-state index in [4.69, 9.17) is 4.74 Å². The summed E-state index contributed by atoms with van der Waals surface area (Å²) in [5, 5.41) is 0. The van der Waals surface area contributed by atoms with Crippen molar-refractivity contribution in [3.05, 3.63) is 42.1 Å². The van der Waals surface area contributed by atoms with Crippen LogP contribution >= 0.6 is 0 Å². The van der Waals surface area contributed by atoms with Crippen LogP contribution in [-0.2, 0) is 13.0 Å². The lowest BCUT2D eigenvalue weighted by molar-refractivity contribution is 0.391. The molecule has 0 radical (unpaired) electrons. The van der Waals surface area contributed by atoms with Gasteiger partial charge in [0.1, 0.15) is 5.82 Å². The van der Waals surface area contributed by atoms with Gasteiger partial charge in [-0.1, -0.05) is 13.0 Å². The highest BCUT2D eigenvalue weighted by molar-refractivity contribution is 5.25. The van der Waals surface area contributed by atoms with Crippen LogP contribution in [0.3, 0.4) is 0 Å². The van der Waals surface area contributed by atoms with Gasteiger partial charge in [0.15, 0.2) is 0 Å². The van der Waals surface area contributed by atoms with Crippen molar-refractivity contribution in [1.29, 1.82) is 0 Å². The minimum Gasteiger partial charge on any atom is -0.481 e. The number of aromatic nitrogens is 3. The summed E-state index contributed by atoms with van der Waals surface area (Å²) in [4.78, 5) is 8.56. The first-order chi connectivity index (χ1) is 8.35. The van der Waals surface area contributed by atoms with E-state index in [1.54, 1.807) is 13.3 Å². The van der Waals surface area contributed by atoms with Crippen LogP contribution in [0.25, 0.3) is 0 Å². The van der Waals surface area contributed by atoms with Gasteiger partial charge in [0, 0.05) is 30.6 Å². The number of ether oxygens (including phenoxy) is 1. The number of nitrogens with zero attached hydrogens (tertiary/aromatic N) is 3. The quantitative estimate of drug-likeness (QED) is 0.792. The first-order valence-electron chi connectivity index (χ1n) is 5.83. The molecule has 0 N–H and O–H groups in total. The molecule has 0 amide bonds. The highest BCUT2D eigenvalue weighted by atomic mass is 16.5. The molecule has 0 aliphatic rings. The van der Waals surface area contributed by atoms with E-state index >= 15 is 0 Å². The molecule has 4 heteroatoms. The minimum atomic E-state index is 0.684. The summed E-state index contributed by atoms with van der Waals surface area (Å²) in [6.07, 6.45) is 7.67. The lowest BCUT2D eigenvalue weighted by Gasteiger charge is -2.09. The maximum Gasteiger partial charge on any atom is 0.218 e. The van der Waals surface area contributed by atoms with E-state index in [-0.39, 0.29) is 0 Å². The monoisotopic (exact) mass is 231 g/mol. The van der Waals surface area contributed by atoms with Crippen molar-refractivity contribution in [1.82, 2.24) is 14.5 Å². The van der Waals surface area contributed by atoms with Gasteiger partial charge in [0.25, 0.3) is 0 Å². The number of aryl methyl sites for hydroxylation is 1. The molecule has 0 unspecified atom stereocenters. The van der Waals surface area contributed by atoms with Gasteiger partial charge in [-0.3, -0.25) is 0 Å². The number of rotatable bonds is 5. The predicted octanol–water partition coefficient (Wildman–Crippen LogP) is 2.29. The van der Waals surface area contributed by atoms with E-state index in [9.17, 15) is 0 Å². The number of hydrogen-bond acceptors (Lipinski definition) is 3. The predicted molar refractivity (Wildman–Crippen MR) is 66.1 cm³/mol. The molecule has 0 saturated heterocycles. The molecule has 2 rings (SSSR count). The second-order valence-corrected chi connectivity index (χ2v) is 3.89. The molecule has 0 fully saturated rings. The second kappa shape index (κ2) is 5.48. The summed E-state index contributed by atoms with van der Waals surface area (Å²) in [7, 11) is 1.65. The Morgan fingerprint density at radius 1 is 1.29 bits per heavy atom. The van der Waals surface area contributed by atoms with E-state index in [1.807, 2.05) is 24.5 Å². The maximum atomic E-state index is 5.25. The Morgan fingerprint density at radius 3 is 2.94 bits per heavy atom. The van der Waals surface area contributed by atoms with Gasteiger partial charge in [-0.25, -0.2) is 9.97 Å². The van der Waals surface area contributed by atoms with E-state index in [0.29, 0.717) is 5.88 Å². The van der Waals surface area contributed by atoms with Gasteiger partial charge in [-0.15, -0.1) is 0 Å². The Bertz CT molecular complexity index is 479. The van der Waals surface area contributed by atoms with E-state index < -0.39 is 0 Å². The summed E-state index contributed by atoms with van der Waals surface area (Å²) >= 11 is 0. The molecule has 0 saturated carbocycles. The Kier molecular flexibility index (Phi) is 3.75. The van der Waals surface area contributed by atoms with Crippen molar-refractivity contribution >= 4 is 0 Å². The van der Waals surface area contributed by atoms with E-state index in [1.165, 1.54) is 0 Å². The molecule has 4 nitrogen and oxygen atoms in total. The zero-order chi connectivity index (χ0) is 12.1. The van der Waals surface area contributed by atoms with Crippen LogP contribution in [0.15, 0.2) is 30.7 Å². The third-order valence-corrected chi connectivity index (χ3v) is 2.66. The van der Waals surface area contributed by atoms with Crippen molar-refractivity contribution in [3.63, 3.8) is 0 Å².